The molecule has 1 aromatic rings. The van der Waals surface area contributed by atoms with Gasteiger partial charge in [0.1, 0.15) is 23.9 Å². The molecule has 1 aliphatic rings. The second-order valence-electron chi connectivity index (χ2n) is 6.76. The average molecular weight is 348 g/mol. The van der Waals surface area contributed by atoms with Crippen LogP contribution in [0.15, 0.2) is 29.5 Å². The number of nitrogens with zero attached hydrogens (tertiary/aromatic N) is 3. The van der Waals surface area contributed by atoms with E-state index in [1.54, 1.807) is 36.4 Å². The van der Waals surface area contributed by atoms with E-state index in [-0.39, 0.29) is 16.8 Å². The van der Waals surface area contributed by atoms with Crippen LogP contribution >= 0.6 is 0 Å². The van der Waals surface area contributed by atoms with Crippen LogP contribution in [0.4, 0.5) is 5.69 Å². The molecule has 0 unspecified atom stereocenters. The highest BCUT2D eigenvalue weighted by Gasteiger charge is 2.51. The quantitative estimate of drug-likeness (QED) is 0.502. The molecule has 0 bridgehead atoms. The number of nitriles is 3. The van der Waals surface area contributed by atoms with E-state index in [0.717, 1.165) is 0 Å². The summed E-state index contributed by atoms with van der Waals surface area (Å²) in [6.45, 7) is 7.72. The van der Waals surface area contributed by atoms with Gasteiger partial charge in [-0.3, -0.25) is 4.79 Å². The minimum Gasteiger partial charge on any atom is -0.399 e. The third-order valence-electron chi connectivity index (χ3n) is 4.57. The maximum Gasteiger partial charge on any atom is 0.494 e. The minimum atomic E-state index is -0.632. The second kappa shape index (κ2) is 7.02. The van der Waals surface area contributed by atoms with Crippen molar-refractivity contribution in [3.8, 4) is 18.2 Å². The van der Waals surface area contributed by atoms with Gasteiger partial charge in [-0.1, -0.05) is 6.07 Å². The second-order valence-corrected chi connectivity index (χ2v) is 6.76. The van der Waals surface area contributed by atoms with Crippen LogP contribution in [0.2, 0.25) is 0 Å². The van der Waals surface area contributed by atoms with Crippen molar-refractivity contribution in [2.24, 2.45) is 0 Å². The molecule has 8 heteroatoms. The maximum atomic E-state index is 11.5. The number of carbonyl (C=O) groups excluding carboxylic acids is 1. The van der Waals surface area contributed by atoms with Crippen molar-refractivity contribution >= 4 is 24.6 Å². The van der Waals surface area contributed by atoms with Crippen molar-refractivity contribution in [2.45, 2.75) is 38.9 Å². The van der Waals surface area contributed by atoms with Gasteiger partial charge in [-0.05, 0) is 45.3 Å². The van der Waals surface area contributed by atoms with Gasteiger partial charge >= 0.3 is 7.12 Å². The van der Waals surface area contributed by atoms with Crippen molar-refractivity contribution < 1.29 is 14.1 Å². The molecule has 0 aliphatic carbocycles. The third-order valence-corrected chi connectivity index (χ3v) is 4.57. The Morgan fingerprint density at radius 1 is 1.08 bits per heavy atom. The van der Waals surface area contributed by atoms with Crippen LogP contribution in [0, 0.1) is 34.0 Å². The van der Waals surface area contributed by atoms with Crippen LogP contribution in [-0.2, 0) is 9.31 Å². The Morgan fingerprint density at radius 3 is 2.12 bits per heavy atom. The SMILES string of the molecule is CC1(C)OB(c2ccc(NC(C#N)=C(C#N)C#N)c(C=O)c2)OC1(C)C. The van der Waals surface area contributed by atoms with Gasteiger partial charge in [0.05, 0.1) is 11.2 Å². The monoisotopic (exact) mass is 348 g/mol. The molecule has 0 saturated carbocycles. The summed E-state index contributed by atoms with van der Waals surface area (Å²) in [6, 6.07) is 9.90. The molecular weight excluding hydrogens is 331 g/mol. The van der Waals surface area contributed by atoms with Gasteiger partial charge in [0, 0.05) is 11.3 Å². The topological polar surface area (TPSA) is 119 Å². The molecule has 1 heterocycles. The predicted octanol–water partition coefficient (Wildman–Crippen LogP) is 2.04. The highest BCUT2D eigenvalue weighted by atomic mass is 16.7. The summed E-state index contributed by atoms with van der Waals surface area (Å²) in [5.74, 6) is 0. The van der Waals surface area contributed by atoms with Crippen LogP contribution in [0.1, 0.15) is 38.1 Å². The Bertz CT molecular complexity index is 868. The fourth-order valence-electron chi connectivity index (χ4n) is 2.34. The number of hydrogen-bond donors (Lipinski definition) is 1. The smallest absolute Gasteiger partial charge is 0.399 e. The largest absolute Gasteiger partial charge is 0.494 e. The average Bonchev–Trinajstić information content (AvgIpc) is 2.82. The van der Waals surface area contributed by atoms with E-state index in [1.807, 2.05) is 27.7 Å². The molecule has 1 N–H and O–H groups in total. The highest BCUT2D eigenvalue weighted by molar-refractivity contribution is 6.62. The summed E-state index contributed by atoms with van der Waals surface area (Å²) in [6.07, 6.45) is 0.616. The number of rotatable bonds is 4. The van der Waals surface area contributed by atoms with Crippen LogP contribution < -0.4 is 10.8 Å². The van der Waals surface area contributed by atoms with Gasteiger partial charge in [-0.15, -0.1) is 0 Å². The molecular formula is C18H17BN4O3. The summed E-state index contributed by atoms with van der Waals surface area (Å²) in [5, 5.41) is 29.6. The third kappa shape index (κ3) is 3.46. The Hall–Kier alpha value is -3.12. The first-order valence-corrected chi connectivity index (χ1v) is 7.85. The Labute approximate surface area is 152 Å². The van der Waals surface area contributed by atoms with Gasteiger partial charge in [0.25, 0.3) is 0 Å². The zero-order valence-corrected chi connectivity index (χ0v) is 15.0. The summed E-state index contributed by atoms with van der Waals surface area (Å²) in [4.78, 5) is 11.5. The lowest BCUT2D eigenvalue weighted by Gasteiger charge is -2.32. The lowest BCUT2D eigenvalue weighted by Crippen LogP contribution is -2.41. The number of nitrogens with one attached hydrogen (secondary N) is 1. The van der Waals surface area contributed by atoms with Crippen molar-refractivity contribution in [3.63, 3.8) is 0 Å². The molecule has 0 amide bonds. The van der Waals surface area contributed by atoms with E-state index >= 15 is 0 Å². The van der Waals surface area contributed by atoms with Gasteiger partial charge in [-0.25, -0.2) is 0 Å². The Kier molecular flexibility index (Phi) is 5.18. The molecule has 0 spiro atoms. The predicted molar refractivity (Wildman–Crippen MR) is 95.0 cm³/mol. The molecule has 7 nitrogen and oxygen atoms in total. The number of anilines is 1. The zero-order chi connectivity index (χ0) is 19.5. The van der Waals surface area contributed by atoms with Gasteiger partial charge in [-0.2, -0.15) is 15.8 Å². The molecule has 0 atom stereocenters. The lowest BCUT2D eigenvalue weighted by molar-refractivity contribution is 0.00578. The fourth-order valence-corrected chi connectivity index (χ4v) is 2.34. The first kappa shape index (κ1) is 19.2. The molecule has 26 heavy (non-hydrogen) atoms. The van der Waals surface area contributed by atoms with Crippen LogP contribution in [-0.4, -0.2) is 24.6 Å². The first-order chi connectivity index (χ1) is 12.2. The van der Waals surface area contributed by atoms with Crippen LogP contribution in [0.25, 0.3) is 0 Å². The van der Waals surface area contributed by atoms with Crippen LogP contribution in [0.3, 0.4) is 0 Å². The number of benzene rings is 1. The number of carbonyl (C=O) groups is 1. The van der Waals surface area contributed by atoms with E-state index < -0.39 is 18.3 Å². The summed E-state index contributed by atoms with van der Waals surface area (Å²) < 4.78 is 11.9. The number of allylic oxidation sites excluding steroid dienone is 2. The zero-order valence-electron chi connectivity index (χ0n) is 15.0. The number of aldehydes is 1. The van der Waals surface area contributed by atoms with Crippen molar-refractivity contribution in [1.82, 2.24) is 0 Å². The molecule has 0 aromatic heterocycles. The first-order valence-electron chi connectivity index (χ1n) is 7.85. The van der Waals surface area contributed by atoms with E-state index in [4.69, 9.17) is 25.1 Å². The fraction of sp³-hybridized carbons (Fsp3) is 0.333. The van der Waals surface area contributed by atoms with Gasteiger partial charge in [0.15, 0.2) is 11.9 Å². The molecule has 0 radical (unpaired) electrons. The molecule has 1 saturated heterocycles. The molecule has 2 rings (SSSR count). The highest BCUT2D eigenvalue weighted by Crippen LogP contribution is 2.36. The molecule has 1 fully saturated rings. The van der Waals surface area contributed by atoms with Crippen LogP contribution in [0.5, 0.6) is 0 Å². The molecule has 1 aliphatic heterocycles. The summed E-state index contributed by atoms with van der Waals surface area (Å²) in [7, 11) is -0.632. The normalized spacial score (nSPS) is 16.7. The van der Waals surface area contributed by atoms with Crippen molar-refractivity contribution in [2.75, 3.05) is 5.32 Å². The summed E-state index contributed by atoms with van der Waals surface area (Å²) in [5.41, 5.74) is -0.400. The van der Waals surface area contributed by atoms with E-state index in [9.17, 15) is 4.79 Å². The molecule has 1 aromatic carbocycles. The Balaban J connectivity index is 2.37. The minimum absolute atomic E-state index is 0.221. The summed E-state index contributed by atoms with van der Waals surface area (Å²) >= 11 is 0. The maximum absolute atomic E-state index is 11.5. The Morgan fingerprint density at radius 2 is 1.65 bits per heavy atom. The van der Waals surface area contributed by atoms with Crippen molar-refractivity contribution in [3.05, 3.63) is 35.0 Å². The van der Waals surface area contributed by atoms with E-state index in [1.165, 1.54) is 0 Å². The van der Waals surface area contributed by atoms with Gasteiger partial charge in [0.2, 0.25) is 0 Å². The number of hydrogen-bond acceptors (Lipinski definition) is 7. The van der Waals surface area contributed by atoms with E-state index in [0.29, 0.717) is 17.4 Å². The standard InChI is InChI=1S/C18H17BN4O3/c1-17(2)18(3,4)26-19(25-17)14-5-6-15(12(7-14)11-24)23-16(10-22)13(8-20)9-21/h5-7,11,23H,1-4H3. The van der Waals surface area contributed by atoms with E-state index in [2.05, 4.69) is 5.32 Å². The molecule has 130 valence electrons. The van der Waals surface area contributed by atoms with Gasteiger partial charge < -0.3 is 14.6 Å². The lowest BCUT2D eigenvalue weighted by atomic mass is 9.78. The van der Waals surface area contributed by atoms with Crippen molar-refractivity contribution in [1.29, 1.82) is 15.8 Å².